The van der Waals surface area contributed by atoms with Gasteiger partial charge in [-0.2, -0.15) is 0 Å². The Morgan fingerprint density at radius 2 is 2.08 bits per heavy atom. The van der Waals surface area contributed by atoms with E-state index >= 15 is 0 Å². The van der Waals surface area contributed by atoms with E-state index in [1.807, 2.05) is 12.4 Å². The molecule has 4 N–H and O–H groups in total. The maximum absolute atomic E-state index is 12.7. The first-order valence-electron chi connectivity index (χ1n) is 9.60. The van der Waals surface area contributed by atoms with E-state index in [2.05, 4.69) is 36.1 Å². The second kappa shape index (κ2) is 7.56. The number of aromatic nitrogens is 2. The third-order valence-electron chi connectivity index (χ3n) is 5.64. The van der Waals surface area contributed by atoms with Gasteiger partial charge in [0.25, 0.3) is 0 Å². The lowest BCUT2D eigenvalue weighted by atomic mass is 9.88. The van der Waals surface area contributed by atoms with Gasteiger partial charge in [-0.1, -0.05) is 19.3 Å². The number of rotatable bonds is 3. The number of H-pyrrole nitrogens is 1. The molecule has 1 saturated carbocycles. The molecule has 2 aromatic rings. The van der Waals surface area contributed by atoms with Crippen molar-refractivity contribution in [3.8, 4) is 0 Å². The summed E-state index contributed by atoms with van der Waals surface area (Å²) in [5, 5.41) is 4.13. The molecule has 7 heteroatoms. The molecule has 0 spiro atoms. The highest BCUT2D eigenvalue weighted by Crippen LogP contribution is 2.39. The van der Waals surface area contributed by atoms with Crippen LogP contribution in [0.25, 0.3) is 11.0 Å². The number of nitrogens with one attached hydrogen (secondary N) is 2. The van der Waals surface area contributed by atoms with Crippen molar-refractivity contribution in [3.05, 3.63) is 16.9 Å². The zero-order chi connectivity index (χ0) is 18.1. The molecule has 1 amide bonds. The van der Waals surface area contributed by atoms with E-state index in [0.717, 1.165) is 78.5 Å². The van der Waals surface area contributed by atoms with Crippen LogP contribution < -0.4 is 16.0 Å². The summed E-state index contributed by atoms with van der Waals surface area (Å²) in [5.41, 5.74) is 8.88. The van der Waals surface area contributed by atoms with E-state index in [1.165, 1.54) is 6.42 Å². The van der Waals surface area contributed by atoms with Gasteiger partial charge in [-0.15, -0.1) is 0 Å². The molecular formula is C19H26BrN5O. The highest BCUT2D eigenvalue weighted by molar-refractivity contribution is 9.10. The number of nitrogens with two attached hydrogens (primary N) is 1. The summed E-state index contributed by atoms with van der Waals surface area (Å²) in [6, 6.07) is 0.179. The Bertz CT molecular complexity index is 799. The van der Waals surface area contributed by atoms with Crippen molar-refractivity contribution in [2.75, 3.05) is 23.3 Å². The molecule has 0 bridgehead atoms. The first kappa shape index (κ1) is 17.8. The Hall–Kier alpha value is -1.60. The number of halogens is 1. The lowest BCUT2D eigenvalue weighted by Crippen LogP contribution is -2.43. The fourth-order valence-electron chi connectivity index (χ4n) is 4.28. The number of pyridine rings is 1. The number of amides is 1. The van der Waals surface area contributed by atoms with Crippen molar-refractivity contribution in [1.82, 2.24) is 9.97 Å². The molecule has 4 rings (SSSR count). The second-order valence-corrected chi connectivity index (χ2v) is 8.41. The topological polar surface area (TPSA) is 87.0 Å². The highest BCUT2D eigenvalue weighted by atomic mass is 79.9. The summed E-state index contributed by atoms with van der Waals surface area (Å²) in [6.45, 7) is 1.78. The van der Waals surface area contributed by atoms with Gasteiger partial charge in [-0.25, -0.2) is 4.98 Å². The summed E-state index contributed by atoms with van der Waals surface area (Å²) in [4.78, 5) is 22.7. The molecule has 0 unspecified atom stereocenters. The number of carbonyl (C=O) groups is 1. The summed E-state index contributed by atoms with van der Waals surface area (Å²) in [6.07, 6.45) is 11.3. The van der Waals surface area contributed by atoms with E-state index in [-0.39, 0.29) is 17.9 Å². The van der Waals surface area contributed by atoms with Crippen LogP contribution in [0.5, 0.6) is 0 Å². The quantitative estimate of drug-likeness (QED) is 0.706. The van der Waals surface area contributed by atoms with Crippen LogP contribution in [-0.2, 0) is 4.79 Å². The fourth-order valence-corrected chi connectivity index (χ4v) is 4.83. The maximum atomic E-state index is 12.7. The number of anilines is 2. The van der Waals surface area contributed by atoms with E-state index in [4.69, 9.17) is 5.73 Å². The number of fused-ring (bicyclic) bond motifs is 1. The van der Waals surface area contributed by atoms with Crippen molar-refractivity contribution < 1.29 is 4.79 Å². The zero-order valence-corrected chi connectivity index (χ0v) is 16.5. The Morgan fingerprint density at radius 1 is 1.27 bits per heavy atom. The first-order valence-corrected chi connectivity index (χ1v) is 10.4. The lowest BCUT2D eigenvalue weighted by Gasteiger charge is -2.33. The standard InChI is InChI=1S/C19H26BrN5O/c20-14-9-22-18-16(17(14)25-8-4-7-13(21)11-25)15(10-23-18)24-19(26)12-5-2-1-3-6-12/h9-10,12-13H,1-8,11,21H2,(H,22,23)(H,24,26)/t13-/m1/s1. The van der Waals surface area contributed by atoms with Gasteiger partial charge in [-0.3, -0.25) is 4.79 Å². The van der Waals surface area contributed by atoms with Gasteiger partial charge >= 0.3 is 0 Å². The molecule has 1 aliphatic carbocycles. The minimum Gasteiger partial charge on any atom is -0.368 e. The number of aromatic amines is 1. The average Bonchev–Trinajstić information content (AvgIpc) is 3.05. The molecule has 6 nitrogen and oxygen atoms in total. The van der Waals surface area contributed by atoms with E-state index in [1.54, 1.807) is 0 Å². The second-order valence-electron chi connectivity index (χ2n) is 7.55. The van der Waals surface area contributed by atoms with Crippen LogP contribution in [0.1, 0.15) is 44.9 Å². The van der Waals surface area contributed by atoms with E-state index < -0.39 is 0 Å². The number of hydrogen-bond acceptors (Lipinski definition) is 4. The Morgan fingerprint density at radius 3 is 2.85 bits per heavy atom. The molecule has 1 atom stereocenters. The number of nitrogens with zero attached hydrogens (tertiary/aromatic N) is 2. The summed E-state index contributed by atoms with van der Waals surface area (Å²) in [7, 11) is 0. The molecular weight excluding hydrogens is 394 g/mol. The van der Waals surface area contributed by atoms with Gasteiger partial charge in [0.2, 0.25) is 5.91 Å². The molecule has 2 aromatic heterocycles. The molecule has 0 aromatic carbocycles. The Balaban J connectivity index is 1.67. The van der Waals surface area contributed by atoms with Crippen molar-refractivity contribution in [1.29, 1.82) is 0 Å². The fraction of sp³-hybridized carbons (Fsp3) is 0.579. The van der Waals surface area contributed by atoms with Crippen molar-refractivity contribution in [2.45, 2.75) is 51.0 Å². The molecule has 1 aliphatic heterocycles. The molecule has 2 aliphatic rings. The monoisotopic (exact) mass is 419 g/mol. The molecule has 0 radical (unpaired) electrons. The van der Waals surface area contributed by atoms with Gasteiger partial charge in [0, 0.05) is 37.4 Å². The predicted octanol–water partition coefficient (Wildman–Crippen LogP) is 3.77. The van der Waals surface area contributed by atoms with Gasteiger partial charge in [-0.05, 0) is 41.6 Å². The smallest absolute Gasteiger partial charge is 0.227 e. The number of piperidine rings is 1. The van der Waals surface area contributed by atoms with Crippen LogP contribution in [0, 0.1) is 5.92 Å². The normalized spacial score (nSPS) is 21.9. The van der Waals surface area contributed by atoms with Crippen LogP contribution in [0.3, 0.4) is 0 Å². The minimum atomic E-state index is 0.126. The van der Waals surface area contributed by atoms with Crippen LogP contribution in [-0.4, -0.2) is 35.0 Å². The van der Waals surface area contributed by atoms with Crippen molar-refractivity contribution in [2.24, 2.45) is 11.7 Å². The van der Waals surface area contributed by atoms with Crippen LogP contribution in [0.15, 0.2) is 16.9 Å². The predicted molar refractivity (Wildman–Crippen MR) is 108 cm³/mol. The summed E-state index contributed by atoms with van der Waals surface area (Å²) >= 11 is 3.66. The Labute approximate surface area is 162 Å². The molecule has 26 heavy (non-hydrogen) atoms. The molecule has 1 saturated heterocycles. The van der Waals surface area contributed by atoms with Gasteiger partial charge in [0.15, 0.2) is 0 Å². The van der Waals surface area contributed by atoms with Crippen LogP contribution in [0.2, 0.25) is 0 Å². The van der Waals surface area contributed by atoms with E-state index in [0.29, 0.717) is 0 Å². The highest BCUT2D eigenvalue weighted by Gasteiger charge is 2.26. The number of carbonyl (C=O) groups excluding carboxylic acids is 1. The van der Waals surface area contributed by atoms with Gasteiger partial charge < -0.3 is 20.9 Å². The van der Waals surface area contributed by atoms with Crippen LogP contribution >= 0.6 is 15.9 Å². The number of hydrogen-bond donors (Lipinski definition) is 3. The van der Waals surface area contributed by atoms with Crippen molar-refractivity contribution >= 4 is 44.2 Å². The minimum absolute atomic E-state index is 0.126. The molecule has 3 heterocycles. The third kappa shape index (κ3) is 3.47. The summed E-state index contributed by atoms with van der Waals surface area (Å²) in [5.74, 6) is 0.257. The summed E-state index contributed by atoms with van der Waals surface area (Å²) < 4.78 is 0.937. The van der Waals surface area contributed by atoms with Gasteiger partial charge in [0.05, 0.1) is 21.2 Å². The Kier molecular flexibility index (Phi) is 5.18. The first-order chi connectivity index (χ1) is 12.6. The van der Waals surface area contributed by atoms with Crippen molar-refractivity contribution in [3.63, 3.8) is 0 Å². The zero-order valence-electron chi connectivity index (χ0n) is 14.9. The SMILES string of the molecule is N[C@@H]1CCCN(c2c(Br)cnc3[nH]cc(NC(=O)C4CCCCC4)c23)C1. The largest absolute Gasteiger partial charge is 0.368 e. The lowest BCUT2D eigenvalue weighted by molar-refractivity contribution is -0.120. The maximum Gasteiger partial charge on any atom is 0.227 e. The molecule has 2 fully saturated rings. The molecule has 140 valence electrons. The van der Waals surface area contributed by atoms with Crippen LogP contribution in [0.4, 0.5) is 11.4 Å². The average molecular weight is 420 g/mol. The third-order valence-corrected chi connectivity index (χ3v) is 6.22. The van der Waals surface area contributed by atoms with E-state index in [9.17, 15) is 4.79 Å². The van der Waals surface area contributed by atoms with Gasteiger partial charge in [0.1, 0.15) is 5.65 Å².